The number of hydrogen-bond acceptors (Lipinski definition) is 7. The zero-order valence-electron chi connectivity index (χ0n) is 14.2. The minimum Gasteiger partial charge on any atom is -0.452 e. The standard InChI is InChI=1S/C16H16N4O7/c1-8(21)13-11(18-15(13)23)6-12(22)14(19-17)16(24)27-7-9-2-4-10(5-3-9)20(25)26/h2-5,8,11,13,21H,6-7H2,1H3,(H,18,23)/t8-,11+,13-/m1/s1. The van der Waals surface area contributed by atoms with Crippen molar-refractivity contribution in [2.45, 2.75) is 32.1 Å². The number of ketones is 1. The maximum atomic E-state index is 12.1. The molecule has 1 saturated heterocycles. The Balaban J connectivity index is 1.93. The van der Waals surface area contributed by atoms with E-state index in [0.717, 1.165) is 0 Å². The number of esters is 1. The number of carbonyl (C=O) groups is 3. The van der Waals surface area contributed by atoms with Gasteiger partial charge in [-0.2, -0.15) is 4.79 Å². The van der Waals surface area contributed by atoms with Crippen LogP contribution >= 0.6 is 0 Å². The van der Waals surface area contributed by atoms with Crippen molar-refractivity contribution in [2.24, 2.45) is 5.92 Å². The molecule has 1 heterocycles. The fourth-order valence-electron chi connectivity index (χ4n) is 2.63. The Bertz CT molecular complexity index is 828. The number of non-ortho nitro benzene ring substituents is 1. The molecule has 3 atom stereocenters. The van der Waals surface area contributed by atoms with Crippen LogP contribution in [0.2, 0.25) is 0 Å². The summed E-state index contributed by atoms with van der Waals surface area (Å²) in [6, 6.07) is 4.53. The Labute approximate surface area is 152 Å². The van der Waals surface area contributed by atoms with Gasteiger partial charge in [0.25, 0.3) is 11.5 Å². The van der Waals surface area contributed by atoms with E-state index in [2.05, 4.69) is 10.1 Å². The molecule has 0 bridgehead atoms. The number of nitro benzene ring substituents is 1. The van der Waals surface area contributed by atoms with Crippen LogP contribution in [0.1, 0.15) is 18.9 Å². The molecule has 1 fully saturated rings. The van der Waals surface area contributed by atoms with Crippen molar-refractivity contribution in [1.82, 2.24) is 5.32 Å². The maximum absolute atomic E-state index is 12.1. The van der Waals surface area contributed by atoms with Crippen molar-refractivity contribution in [3.05, 3.63) is 45.5 Å². The minimum absolute atomic E-state index is 0.131. The summed E-state index contributed by atoms with van der Waals surface area (Å²) in [4.78, 5) is 48.1. The molecule has 1 amide bonds. The Kier molecular flexibility index (Phi) is 6.11. The van der Waals surface area contributed by atoms with Crippen LogP contribution in [0.3, 0.4) is 0 Å². The van der Waals surface area contributed by atoms with E-state index in [4.69, 9.17) is 10.3 Å². The summed E-state index contributed by atoms with van der Waals surface area (Å²) < 4.78 is 4.87. The Morgan fingerprint density at radius 3 is 2.52 bits per heavy atom. The van der Waals surface area contributed by atoms with E-state index in [9.17, 15) is 29.6 Å². The number of rotatable bonds is 8. The number of hydrogen-bond donors (Lipinski definition) is 2. The van der Waals surface area contributed by atoms with E-state index in [0.29, 0.717) is 5.56 Å². The molecule has 11 nitrogen and oxygen atoms in total. The SMILES string of the molecule is C[C@@H](O)[C@H]1C(=O)N[C@H]1CC(=O)C(=[N+]=[N-])C(=O)OCc1ccc([N+](=O)[O-])cc1. The molecule has 0 spiro atoms. The van der Waals surface area contributed by atoms with Gasteiger partial charge < -0.3 is 20.7 Å². The zero-order chi connectivity index (χ0) is 20.1. The van der Waals surface area contributed by atoms with E-state index >= 15 is 0 Å². The molecule has 11 heteroatoms. The van der Waals surface area contributed by atoms with Crippen molar-refractivity contribution in [2.75, 3.05) is 0 Å². The second kappa shape index (κ2) is 8.30. The number of Topliss-reactive ketones (excluding diaryl/α,β-unsaturated/α-hetero) is 1. The van der Waals surface area contributed by atoms with Gasteiger partial charge in [0.2, 0.25) is 5.91 Å². The lowest BCUT2D eigenvalue weighted by Gasteiger charge is -2.37. The quantitative estimate of drug-likeness (QED) is 0.0920. The summed E-state index contributed by atoms with van der Waals surface area (Å²) in [5.41, 5.74) is 8.40. The van der Waals surface area contributed by atoms with Crippen molar-refractivity contribution < 1.29 is 33.9 Å². The number of aliphatic hydroxyl groups is 1. The summed E-state index contributed by atoms with van der Waals surface area (Å²) in [5, 5.41) is 22.5. The van der Waals surface area contributed by atoms with Crippen molar-refractivity contribution in [3.8, 4) is 0 Å². The lowest BCUT2D eigenvalue weighted by atomic mass is 9.82. The zero-order valence-corrected chi connectivity index (χ0v) is 14.2. The van der Waals surface area contributed by atoms with Crippen LogP contribution in [-0.2, 0) is 25.7 Å². The van der Waals surface area contributed by atoms with Gasteiger partial charge >= 0.3 is 11.7 Å². The van der Waals surface area contributed by atoms with Crippen LogP contribution in [0.4, 0.5) is 5.69 Å². The normalized spacial score (nSPS) is 19.1. The Morgan fingerprint density at radius 1 is 1.41 bits per heavy atom. The molecule has 0 radical (unpaired) electrons. The second-order valence-electron chi connectivity index (χ2n) is 5.96. The summed E-state index contributed by atoms with van der Waals surface area (Å²) in [5.74, 6) is -3.24. The van der Waals surface area contributed by atoms with Gasteiger partial charge in [0, 0.05) is 18.6 Å². The first kappa shape index (κ1) is 19.9. The topological polar surface area (TPSA) is 172 Å². The number of ether oxygens (including phenoxy) is 1. The third-order valence-electron chi connectivity index (χ3n) is 4.06. The molecular formula is C16H16N4O7. The first-order valence-electron chi connectivity index (χ1n) is 7.88. The monoisotopic (exact) mass is 376 g/mol. The molecule has 0 aliphatic carbocycles. The highest BCUT2D eigenvalue weighted by Crippen LogP contribution is 2.22. The molecule has 1 aliphatic rings. The number of aliphatic hydroxyl groups excluding tert-OH is 1. The average Bonchev–Trinajstić information content (AvgIpc) is 2.59. The largest absolute Gasteiger partial charge is 0.452 e. The molecule has 2 N–H and O–H groups in total. The van der Waals surface area contributed by atoms with E-state index in [-0.39, 0.29) is 18.7 Å². The van der Waals surface area contributed by atoms with E-state index in [1.54, 1.807) is 0 Å². The highest BCUT2D eigenvalue weighted by Gasteiger charge is 2.45. The van der Waals surface area contributed by atoms with Crippen molar-refractivity contribution >= 4 is 29.1 Å². The average molecular weight is 376 g/mol. The summed E-state index contributed by atoms with van der Waals surface area (Å²) in [6.45, 7) is 1.11. The van der Waals surface area contributed by atoms with Gasteiger partial charge in [-0.15, -0.1) is 0 Å². The fourth-order valence-corrected chi connectivity index (χ4v) is 2.63. The number of nitrogens with one attached hydrogen (secondary N) is 1. The first-order chi connectivity index (χ1) is 12.7. The highest BCUT2D eigenvalue weighted by atomic mass is 16.6. The molecule has 1 aromatic rings. The van der Waals surface area contributed by atoms with Gasteiger partial charge in [-0.3, -0.25) is 19.7 Å². The van der Waals surface area contributed by atoms with Crippen LogP contribution in [-0.4, -0.2) is 50.3 Å². The Morgan fingerprint density at radius 2 is 2.04 bits per heavy atom. The van der Waals surface area contributed by atoms with E-state index in [1.807, 2.05) is 0 Å². The summed E-state index contributed by atoms with van der Waals surface area (Å²) in [7, 11) is 0. The van der Waals surface area contributed by atoms with Crippen LogP contribution < -0.4 is 5.32 Å². The Hall–Kier alpha value is -3.43. The molecule has 2 rings (SSSR count). The summed E-state index contributed by atoms with van der Waals surface area (Å²) >= 11 is 0. The maximum Gasteiger partial charge on any atom is 0.441 e. The first-order valence-corrected chi connectivity index (χ1v) is 7.88. The van der Waals surface area contributed by atoms with Crippen molar-refractivity contribution in [1.29, 1.82) is 0 Å². The van der Waals surface area contributed by atoms with Gasteiger partial charge in [0.15, 0.2) is 0 Å². The number of amides is 1. The van der Waals surface area contributed by atoms with Crippen LogP contribution in [0.15, 0.2) is 24.3 Å². The predicted octanol–water partition coefficient (Wildman–Crippen LogP) is -0.237. The molecule has 1 aliphatic heterocycles. The molecule has 142 valence electrons. The van der Waals surface area contributed by atoms with E-state index in [1.165, 1.54) is 31.2 Å². The third kappa shape index (κ3) is 4.60. The van der Waals surface area contributed by atoms with E-state index < -0.39 is 46.4 Å². The van der Waals surface area contributed by atoms with Crippen LogP contribution in [0.5, 0.6) is 0 Å². The fraction of sp³-hybridized carbons (Fsp3) is 0.375. The number of β-lactam (4-membered cyclic amide) rings is 1. The molecule has 0 saturated carbocycles. The van der Waals surface area contributed by atoms with Gasteiger partial charge in [-0.1, -0.05) is 0 Å². The predicted molar refractivity (Wildman–Crippen MR) is 88.2 cm³/mol. The second-order valence-corrected chi connectivity index (χ2v) is 5.96. The van der Waals surface area contributed by atoms with Gasteiger partial charge in [-0.25, -0.2) is 4.79 Å². The number of nitrogens with zero attached hydrogens (tertiary/aromatic N) is 3. The van der Waals surface area contributed by atoms with Crippen LogP contribution in [0, 0.1) is 16.0 Å². The van der Waals surface area contributed by atoms with Crippen LogP contribution in [0.25, 0.3) is 5.53 Å². The molecule has 0 aromatic heterocycles. The van der Waals surface area contributed by atoms with Crippen molar-refractivity contribution in [3.63, 3.8) is 0 Å². The lowest BCUT2D eigenvalue weighted by molar-refractivity contribution is -0.384. The number of benzene rings is 1. The smallest absolute Gasteiger partial charge is 0.441 e. The number of nitro groups is 1. The third-order valence-corrected chi connectivity index (χ3v) is 4.06. The van der Waals surface area contributed by atoms with Gasteiger partial charge in [-0.05, 0) is 24.6 Å². The number of carbonyl (C=O) groups excluding carboxylic acids is 3. The minimum atomic E-state index is -1.18. The molecule has 0 unspecified atom stereocenters. The van der Waals surface area contributed by atoms with Gasteiger partial charge in [0.1, 0.15) is 6.61 Å². The highest BCUT2D eigenvalue weighted by molar-refractivity contribution is 6.62. The molecule has 27 heavy (non-hydrogen) atoms. The molecule has 1 aromatic carbocycles. The van der Waals surface area contributed by atoms with Gasteiger partial charge in [0.05, 0.1) is 23.0 Å². The molecular weight excluding hydrogens is 360 g/mol. The summed E-state index contributed by atoms with van der Waals surface area (Å²) in [6.07, 6.45) is -1.31. The lowest BCUT2D eigenvalue weighted by Crippen LogP contribution is -2.62.